The molecule has 4 unspecified atom stereocenters. The van der Waals surface area contributed by atoms with E-state index in [9.17, 15) is 0 Å². The number of fused-ring (bicyclic) bond motifs is 1. The summed E-state index contributed by atoms with van der Waals surface area (Å²) < 4.78 is 11.1. The van der Waals surface area contributed by atoms with Crippen molar-refractivity contribution in [2.45, 2.75) is 38.6 Å². The Morgan fingerprint density at radius 1 is 1.27 bits per heavy atom. The molecule has 2 aliphatic carbocycles. The maximum Gasteiger partial charge on any atom is 0.156 e. The highest BCUT2D eigenvalue weighted by Crippen LogP contribution is 2.55. The molecule has 22 heavy (non-hydrogen) atoms. The Kier molecular flexibility index (Phi) is 4.06. The highest BCUT2D eigenvalue weighted by atomic mass is 16.5. The van der Waals surface area contributed by atoms with Gasteiger partial charge in [0.05, 0.1) is 14.2 Å². The van der Waals surface area contributed by atoms with Gasteiger partial charge in [0.15, 0.2) is 5.76 Å². The van der Waals surface area contributed by atoms with Gasteiger partial charge in [0.25, 0.3) is 0 Å². The Morgan fingerprint density at radius 3 is 2.73 bits per heavy atom. The monoisotopic (exact) mass is 304 g/mol. The molecular formula is C18H28N2O2. The van der Waals surface area contributed by atoms with Crippen LogP contribution in [-0.4, -0.2) is 44.5 Å². The summed E-state index contributed by atoms with van der Waals surface area (Å²) in [5, 5.41) is 8.12. The number of hydrogen-bond donors (Lipinski definition) is 1. The standard InChI is InChI=1S/C18H28N2O2/c1-12-14(5-6-15(21-3)17(12)22-4)18-8-7-13(19)11-16(18)20(2)10-9-18/h5-6,12,14,16,19H,7-11H2,1-4H3. The van der Waals surface area contributed by atoms with Crippen LogP contribution in [0.15, 0.2) is 23.7 Å². The fourth-order valence-corrected chi connectivity index (χ4v) is 5.04. The summed E-state index contributed by atoms with van der Waals surface area (Å²) in [6.07, 6.45) is 8.65. The summed E-state index contributed by atoms with van der Waals surface area (Å²) in [6, 6.07) is 0.494. The molecule has 3 aliphatic rings. The number of methoxy groups -OCH3 is 2. The van der Waals surface area contributed by atoms with Crippen molar-refractivity contribution in [2.75, 3.05) is 27.8 Å². The lowest BCUT2D eigenvalue weighted by Gasteiger charge is -2.48. The van der Waals surface area contributed by atoms with Gasteiger partial charge in [0.2, 0.25) is 0 Å². The molecule has 0 aromatic rings. The molecule has 0 spiro atoms. The second kappa shape index (κ2) is 5.73. The molecule has 4 heteroatoms. The first-order chi connectivity index (χ1) is 10.5. The summed E-state index contributed by atoms with van der Waals surface area (Å²) >= 11 is 0. The third-order valence-corrected chi connectivity index (χ3v) is 6.21. The van der Waals surface area contributed by atoms with Crippen LogP contribution in [0.4, 0.5) is 0 Å². The van der Waals surface area contributed by atoms with Crippen LogP contribution < -0.4 is 0 Å². The van der Waals surface area contributed by atoms with Crippen molar-refractivity contribution in [3.63, 3.8) is 0 Å². The van der Waals surface area contributed by atoms with Crippen molar-refractivity contribution in [3.05, 3.63) is 23.7 Å². The first-order valence-electron chi connectivity index (χ1n) is 8.30. The highest BCUT2D eigenvalue weighted by Gasteiger charge is 2.54. The summed E-state index contributed by atoms with van der Waals surface area (Å²) in [6.45, 7) is 3.40. The molecule has 1 heterocycles. The van der Waals surface area contributed by atoms with Crippen molar-refractivity contribution in [3.8, 4) is 0 Å². The average Bonchev–Trinajstić information content (AvgIpc) is 2.85. The van der Waals surface area contributed by atoms with Crippen LogP contribution in [0.2, 0.25) is 0 Å². The summed E-state index contributed by atoms with van der Waals surface area (Å²) in [4.78, 5) is 2.47. The van der Waals surface area contributed by atoms with E-state index in [1.165, 1.54) is 6.42 Å². The molecule has 1 saturated carbocycles. The highest BCUT2D eigenvalue weighted by molar-refractivity contribution is 5.83. The normalized spacial score (nSPS) is 39.1. The van der Waals surface area contributed by atoms with Crippen LogP contribution in [0.3, 0.4) is 0 Å². The van der Waals surface area contributed by atoms with Gasteiger partial charge in [-0.1, -0.05) is 13.0 Å². The number of ether oxygens (including phenoxy) is 2. The van der Waals surface area contributed by atoms with E-state index < -0.39 is 0 Å². The molecule has 1 N–H and O–H groups in total. The molecule has 4 atom stereocenters. The third kappa shape index (κ3) is 2.19. The molecule has 0 radical (unpaired) electrons. The van der Waals surface area contributed by atoms with Crippen molar-refractivity contribution in [1.29, 1.82) is 5.41 Å². The van der Waals surface area contributed by atoms with Crippen LogP contribution in [-0.2, 0) is 9.47 Å². The van der Waals surface area contributed by atoms with Gasteiger partial charge in [-0.25, -0.2) is 0 Å². The van der Waals surface area contributed by atoms with Crippen molar-refractivity contribution in [2.24, 2.45) is 17.3 Å². The fraction of sp³-hybridized carbons (Fsp3) is 0.722. The van der Waals surface area contributed by atoms with Gasteiger partial charge in [0, 0.05) is 24.1 Å². The van der Waals surface area contributed by atoms with Gasteiger partial charge in [-0.3, -0.25) is 0 Å². The minimum atomic E-state index is 0.276. The third-order valence-electron chi connectivity index (χ3n) is 6.21. The molecule has 0 aromatic carbocycles. The first kappa shape index (κ1) is 15.6. The zero-order valence-corrected chi connectivity index (χ0v) is 14.2. The fourth-order valence-electron chi connectivity index (χ4n) is 5.04. The molecule has 4 nitrogen and oxygen atoms in total. The number of nitrogens with zero attached hydrogens (tertiary/aromatic N) is 1. The molecule has 0 amide bonds. The molecule has 2 fully saturated rings. The minimum absolute atomic E-state index is 0.276. The molecule has 3 rings (SSSR count). The van der Waals surface area contributed by atoms with E-state index in [0.29, 0.717) is 17.9 Å². The van der Waals surface area contributed by atoms with Gasteiger partial charge in [-0.05, 0) is 50.3 Å². The summed E-state index contributed by atoms with van der Waals surface area (Å²) in [5.41, 5.74) is 1.19. The lowest BCUT2D eigenvalue weighted by Crippen LogP contribution is -2.49. The van der Waals surface area contributed by atoms with Crippen molar-refractivity contribution in [1.82, 2.24) is 4.90 Å². The van der Waals surface area contributed by atoms with E-state index in [0.717, 1.165) is 43.0 Å². The molecule has 122 valence electrons. The second-order valence-electron chi connectivity index (χ2n) is 7.10. The number of likely N-dealkylation sites (tertiary alicyclic amines) is 1. The van der Waals surface area contributed by atoms with E-state index in [1.807, 2.05) is 0 Å². The molecule has 1 aliphatic heterocycles. The summed E-state index contributed by atoms with van der Waals surface area (Å²) in [5.74, 6) is 2.61. The van der Waals surface area contributed by atoms with Crippen LogP contribution in [0, 0.1) is 22.7 Å². The van der Waals surface area contributed by atoms with Crippen LogP contribution in [0.25, 0.3) is 0 Å². The van der Waals surface area contributed by atoms with Gasteiger partial charge in [0.1, 0.15) is 5.76 Å². The molecule has 1 saturated heterocycles. The van der Waals surface area contributed by atoms with Crippen LogP contribution in [0.5, 0.6) is 0 Å². The molecular weight excluding hydrogens is 276 g/mol. The van der Waals surface area contributed by atoms with Crippen LogP contribution in [0.1, 0.15) is 32.6 Å². The largest absolute Gasteiger partial charge is 0.497 e. The van der Waals surface area contributed by atoms with Gasteiger partial charge in [-0.15, -0.1) is 0 Å². The lowest BCUT2D eigenvalue weighted by molar-refractivity contribution is 0.0599. The zero-order chi connectivity index (χ0) is 15.9. The van der Waals surface area contributed by atoms with E-state index in [4.69, 9.17) is 14.9 Å². The molecule has 0 aromatic heterocycles. The smallest absolute Gasteiger partial charge is 0.156 e. The summed E-state index contributed by atoms with van der Waals surface area (Å²) in [7, 11) is 5.67. The van der Waals surface area contributed by atoms with E-state index in [-0.39, 0.29) is 5.41 Å². The van der Waals surface area contributed by atoms with Crippen molar-refractivity contribution >= 4 is 5.71 Å². The van der Waals surface area contributed by atoms with Gasteiger partial charge < -0.3 is 19.8 Å². The molecule has 0 bridgehead atoms. The Labute approximate surface area is 133 Å². The average molecular weight is 304 g/mol. The van der Waals surface area contributed by atoms with E-state index in [2.05, 4.69) is 31.0 Å². The Balaban J connectivity index is 1.95. The number of allylic oxidation sites excluding steroid dienone is 3. The first-order valence-corrected chi connectivity index (χ1v) is 8.30. The number of hydrogen-bond acceptors (Lipinski definition) is 4. The Hall–Kier alpha value is -1.29. The Bertz CT molecular complexity index is 525. The lowest BCUT2D eigenvalue weighted by atomic mass is 9.58. The van der Waals surface area contributed by atoms with E-state index in [1.54, 1.807) is 14.2 Å². The predicted octanol–water partition coefficient (Wildman–Crippen LogP) is 3.21. The number of nitrogens with one attached hydrogen (secondary N) is 1. The second-order valence-corrected chi connectivity index (χ2v) is 7.10. The van der Waals surface area contributed by atoms with Crippen LogP contribution >= 0.6 is 0 Å². The SMILES string of the molecule is COC1=C(OC)C(C)C(C23CCC(=N)CC2N(C)CC3)C=C1. The maximum absolute atomic E-state index is 8.12. The van der Waals surface area contributed by atoms with E-state index >= 15 is 0 Å². The van der Waals surface area contributed by atoms with Gasteiger partial charge in [-0.2, -0.15) is 0 Å². The van der Waals surface area contributed by atoms with Gasteiger partial charge >= 0.3 is 0 Å². The Morgan fingerprint density at radius 2 is 2.05 bits per heavy atom. The zero-order valence-electron chi connectivity index (χ0n) is 14.2. The predicted molar refractivity (Wildman–Crippen MR) is 87.9 cm³/mol. The number of rotatable bonds is 3. The topological polar surface area (TPSA) is 45.6 Å². The minimum Gasteiger partial charge on any atom is -0.497 e. The van der Waals surface area contributed by atoms with Crippen molar-refractivity contribution < 1.29 is 9.47 Å². The maximum atomic E-state index is 8.12. The quantitative estimate of drug-likeness (QED) is 0.871.